The molecule has 1 aliphatic heterocycles. The summed E-state index contributed by atoms with van der Waals surface area (Å²) in [7, 11) is 0. The van der Waals surface area contributed by atoms with E-state index in [4.69, 9.17) is 9.26 Å². The van der Waals surface area contributed by atoms with Gasteiger partial charge in [-0.2, -0.15) is 0 Å². The maximum atomic E-state index is 13.3. The largest absolute Gasteiger partial charge is 0.454 e. The molecule has 3 aliphatic rings. The molecule has 172 valence electrons. The van der Waals surface area contributed by atoms with E-state index in [0.29, 0.717) is 5.76 Å². The van der Waals surface area contributed by atoms with Crippen LogP contribution in [0.15, 0.2) is 40.9 Å². The number of fused-ring (bicyclic) bond motifs is 5. The number of hydrogen-bond acceptors (Lipinski definition) is 7. The van der Waals surface area contributed by atoms with Crippen molar-refractivity contribution in [2.24, 2.45) is 23.7 Å². The van der Waals surface area contributed by atoms with Crippen LogP contribution < -0.4 is 5.32 Å². The Balaban J connectivity index is 1.32. The maximum absolute atomic E-state index is 13.3. The molecular weight excluding hydrogens is 426 g/mol. The molecule has 1 aromatic carbocycles. The summed E-state index contributed by atoms with van der Waals surface area (Å²) in [6.07, 6.45) is 2.95. The Bertz CT molecular complexity index is 1070. The molecule has 3 fully saturated rings. The average Bonchev–Trinajstić information content (AvgIpc) is 3.57. The first kappa shape index (κ1) is 21.4. The molecule has 5 atom stereocenters. The molecule has 1 N–H and O–H groups in total. The number of anilines is 1. The third-order valence-corrected chi connectivity index (χ3v) is 7.06. The second-order valence-corrected chi connectivity index (χ2v) is 9.12. The SMILES string of the molecule is Cc1cc(NC(=O)COC(=O)[C@H](Cc2ccccc2)N2C(=O)[C@@H]3[C@H]4CC[C@@H](C4)[C@@H]3C2=O)no1. The van der Waals surface area contributed by atoms with Crippen molar-refractivity contribution < 1.29 is 28.4 Å². The highest BCUT2D eigenvalue weighted by molar-refractivity contribution is 6.08. The first-order valence-corrected chi connectivity index (χ1v) is 11.2. The lowest BCUT2D eigenvalue weighted by Gasteiger charge is -2.26. The van der Waals surface area contributed by atoms with Crippen LogP contribution in [-0.2, 0) is 30.3 Å². The van der Waals surface area contributed by atoms with Crippen molar-refractivity contribution in [1.29, 1.82) is 0 Å². The normalized spacial score (nSPS) is 26.4. The molecule has 9 nitrogen and oxygen atoms in total. The zero-order valence-electron chi connectivity index (χ0n) is 18.2. The number of nitrogens with one attached hydrogen (secondary N) is 1. The molecule has 5 rings (SSSR count). The van der Waals surface area contributed by atoms with Gasteiger partial charge >= 0.3 is 5.97 Å². The lowest BCUT2D eigenvalue weighted by atomic mass is 9.81. The number of ether oxygens (including phenoxy) is 1. The lowest BCUT2D eigenvalue weighted by Crippen LogP contribution is -2.48. The van der Waals surface area contributed by atoms with E-state index < -0.39 is 24.5 Å². The number of amides is 3. The molecule has 2 aliphatic carbocycles. The fourth-order valence-electron chi connectivity index (χ4n) is 5.69. The first-order chi connectivity index (χ1) is 15.9. The van der Waals surface area contributed by atoms with E-state index in [1.54, 1.807) is 6.92 Å². The number of aromatic nitrogens is 1. The van der Waals surface area contributed by atoms with Crippen LogP contribution in [0.3, 0.4) is 0 Å². The van der Waals surface area contributed by atoms with Gasteiger partial charge in [0.15, 0.2) is 12.4 Å². The van der Waals surface area contributed by atoms with Crippen molar-refractivity contribution in [3.63, 3.8) is 0 Å². The molecule has 2 bridgehead atoms. The van der Waals surface area contributed by atoms with Crippen LogP contribution in [0.2, 0.25) is 0 Å². The van der Waals surface area contributed by atoms with Gasteiger partial charge in [-0.25, -0.2) is 4.79 Å². The molecule has 2 heterocycles. The van der Waals surface area contributed by atoms with Crippen LogP contribution >= 0.6 is 0 Å². The Hall–Kier alpha value is -3.49. The van der Waals surface area contributed by atoms with E-state index in [9.17, 15) is 19.2 Å². The van der Waals surface area contributed by atoms with Gasteiger partial charge in [0, 0.05) is 12.5 Å². The predicted molar refractivity (Wildman–Crippen MR) is 114 cm³/mol. The van der Waals surface area contributed by atoms with Crippen LogP contribution in [0, 0.1) is 30.6 Å². The van der Waals surface area contributed by atoms with Crippen molar-refractivity contribution in [3.8, 4) is 0 Å². The highest BCUT2D eigenvalue weighted by Gasteiger charge is 2.62. The van der Waals surface area contributed by atoms with Gasteiger partial charge < -0.3 is 14.6 Å². The Kier molecular flexibility index (Phi) is 5.47. The lowest BCUT2D eigenvalue weighted by molar-refractivity contribution is -0.160. The standard InChI is InChI=1S/C24H25N3O6/c1-13-9-18(26-33-13)25-19(28)12-32-24(31)17(10-14-5-3-2-4-6-14)27-22(29)20-15-7-8-16(11-15)21(20)23(27)30/h2-6,9,15-17,20-21H,7-8,10-12H2,1H3,(H,25,26,28)/t15-,16-,17-,20-,21+/m0/s1. The number of esters is 1. The molecule has 1 saturated heterocycles. The van der Waals surface area contributed by atoms with Crippen molar-refractivity contribution in [2.45, 2.75) is 38.6 Å². The zero-order valence-corrected chi connectivity index (χ0v) is 18.2. The van der Waals surface area contributed by atoms with Gasteiger partial charge in [-0.1, -0.05) is 35.5 Å². The molecule has 2 saturated carbocycles. The van der Waals surface area contributed by atoms with Crippen LogP contribution in [0.5, 0.6) is 0 Å². The van der Waals surface area contributed by atoms with E-state index >= 15 is 0 Å². The summed E-state index contributed by atoms with van der Waals surface area (Å²) < 4.78 is 10.2. The van der Waals surface area contributed by atoms with Gasteiger partial charge in [0.2, 0.25) is 11.8 Å². The van der Waals surface area contributed by atoms with E-state index in [0.717, 1.165) is 29.7 Å². The molecule has 0 spiro atoms. The Morgan fingerprint density at radius 1 is 1.15 bits per heavy atom. The van der Waals surface area contributed by atoms with Gasteiger partial charge in [-0.15, -0.1) is 0 Å². The number of carbonyl (C=O) groups excluding carboxylic acids is 4. The summed E-state index contributed by atoms with van der Waals surface area (Å²) in [6, 6.07) is 9.58. The second kappa shape index (κ2) is 8.46. The van der Waals surface area contributed by atoms with E-state index in [-0.39, 0.29) is 47.7 Å². The summed E-state index contributed by atoms with van der Waals surface area (Å²) in [6.45, 7) is 1.12. The minimum absolute atomic E-state index is 0.135. The van der Waals surface area contributed by atoms with Crippen LogP contribution in [0.25, 0.3) is 0 Å². The zero-order chi connectivity index (χ0) is 23.1. The summed E-state index contributed by atoms with van der Waals surface area (Å²) in [5.74, 6) is -1.43. The minimum atomic E-state index is -1.11. The van der Waals surface area contributed by atoms with Gasteiger partial charge in [0.25, 0.3) is 5.91 Å². The molecule has 2 aromatic rings. The molecule has 1 aromatic heterocycles. The number of rotatable bonds is 7. The third kappa shape index (κ3) is 3.92. The summed E-state index contributed by atoms with van der Waals surface area (Å²) >= 11 is 0. The second-order valence-electron chi connectivity index (χ2n) is 9.12. The summed E-state index contributed by atoms with van der Waals surface area (Å²) in [4.78, 5) is 53.0. The molecule has 9 heteroatoms. The van der Waals surface area contributed by atoms with Gasteiger partial charge in [0.05, 0.1) is 11.8 Å². The van der Waals surface area contributed by atoms with Crippen molar-refractivity contribution in [1.82, 2.24) is 10.1 Å². The fourth-order valence-corrected chi connectivity index (χ4v) is 5.69. The average molecular weight is 451 g/mol. The Morgan fingerprint density at radius 2 is 1.82 bits per heavy atom. The van der Waals surface area contributed by atoms with Gasteiger partial charge in [-0.05, 0) is 43.6 Å². The number of benzene rings is 1. The van der Waals surface area contributed by atoms with Crippen molar-refractivity contribution in [2.75, 3.05) is 11.9 Å². The van der Waals surface area contributed by atoms with E-state index in [1.807, 2.05) is 30.3 Å². The monoisotopic (exact) mass is 451 g/mol. The van der Waals surface area contributed by atoms with Gasteiger partial charge in [0.1, 0.15) is 11.8 Å². The summed E-state index contributed by atoms with van der Waals surface area (Å²) in [5.41, 5.74) is 0.794. The molecular formula is C24H25N3O6. The minimum Gasteiger partial charge on any atom is -0.454 e. The van der Waals surface area contributed by atoms with Crippen molar-refractivity contribution in [3.05, 3.63) is 47.7 Å². The van der Waals surface area contributed by atoms with Crippen LogP contribution in [-0.4, -0.2) is 46.4 Å². The summed E-state index contributed by atoms with van der Waals surface area (Å²) in [5, 5.41) is 6.14. The number of carbonyl (C=O) groups is 4. The predicted octanol–water partition coefficient (Wildman–Crippen LogP) is 2.11. The van der Waals surface area contributed by atoms with Crippen LogP contribution in [0.1, 0.15) is 30.6 Å². The molecule has 0 radical (unpaired) electrons. The highest BCUT2D eigenvalue weighted by Crippen LogP contribution is 2.56. The Morgan fingerprint density at radius 3 is 2.42 bits per heavy atom. The quantitative estimate of drug-likeness (QED) is 0.506. The number of likely N-dealkylation sites (tertiary alicyclic amines) is 1. The maximum Gasteiger partial charge on any atom is 0.330 e. The van der Waals surface area contributed by atoms with E-state index in [1.165, 1.54) is 6.07 Å². The number of aryl methyl sites for hydroxylation is 1. The fraction of sp³-hybridized carbons (Fsp3) is 0.458. The molecule has 33 heavy (non-hydrogen) atoms. The molecule has 0 unspecified atom stereocenters. The first-order valence-electron chi connectivity index (χ1n) is 11.2. The topological polar surface area (TPSA) is 119 Å². The number of imide groups is 1. The number of nitrogens with zero attached hydrogens (tertiary/aromatic N) is 2. The van der Waals surface area contributed by atoms with E-state index in [2.05, 4.69) is 10.5 Å². The third-order valence-electron chi connectivity index (χ3n) is 7.06. The van der Waals surface area contributed by atoms with Gasteiger partial charge in [-0.3, -0.25) is 19.3 Å². The Labute approximate surface area is 190 Å². The highest BCUT2D eigenvalue weighted by atomic mass is 16.5. The number of hydrogen-bond donors (Lipinski definition) is 1. The van der Waals surface area contributed by atoms with Crippen LogP contribution in [0.4, 0.5) is 5.82 Å². The van der Waals surface area contributed by atoms with Crippen molar-refractivity contribution >= 4 is 29.5 Å². The smallest absolute Gasteiger partial charge is 0.330 e. The molecule has 3 amide bonds.